The van der Waals surface area contributed by atoms with E-state index in [1.807, 2.05) is 0 Å². The molecule has 0 aliphatic rings. The maximum atomic E-state index is 5.48. The van der Waals surface area contributed by atoms with Crippen LogP contribution in [0.1, 0.15) is 44.9 Å². The average molecular weight is 225 g/mol. The number of unbranched alkanes of at least 4 members (excludes halogenated alkanes) is 1. The number of nitrogens with one attached hydrogen (secondary N) is 1. The Kier molecular flexibility index (Phi) is 6.19. The quantitative estimate of drug-likeness (QED) is 0.690. The number of furan rings is 1. The van der Waals surface area contributed by atoms with Crippen molar-refractivity contribution < 1.29 is 9.15 Å². The highest BCUT2D eigenvalue weighted by Crippen LogP contribution is 2.09. The first-order chi connectivity index (χ1) is 7.72. The summed E-state index contributed by atoms with van der Waals surface area (Å²) in [4.78, 5) is 0. The monoisotopic (exact) mass is 225 g/mol. The van der Waals surface area contributed by atoms with Crippen LogP contribution in [0.4, 0.5) is 0 Å². The number of rotatable bonds is 8. The summed E-state index contributed by atoms with van der Waals surface area (Å²) in [7, 11) is 0. The standard InChI is InChI=1S/C13H23NO2/c1-4-5-6-15-10-13-7-12(9-16-13)8-14-11(2)3/h7,9,11,14H,4-6,8,10H2,1-3H3. The molecule has 3 heteroatoms. The Morgan fingerprint density at radius 1 is 1.44 bits per heavy atom. The molecule has 1 rings (SSSR count). The molecular weight excluding hydrogens is 202 g/mol. The van der Waals surface area contributed by atoms with Crippen LogP contribution in [-0.4, -0.2) is 12.6 Å². The van der Waals surface area contributed by atoms with Crippen molar-refractivity contribution in [3.05, 3.63) is 23.7 Å². The number of ether oxygens (including phenoxy) is 1. The molecule has 0 atom stereocenters. The second-order valence-electron chi connectivity index (χ2n) is 4.36. The van der Waals surface area contributed by atoms with Crippen molar-refractivity contribution in [2.24, 2.45) is 0 Å². The fraction of sp³-hybridized carbons (Fsp3) is 0.692. The summed E-state index contributed by atoms with van der Waals surface area (Å²) in [6, 6.07) is 2.56. The maximum absolute atomic E-state index is 5.48. The van der Waals surface area contributed by atoms with E-state index in [0.29, 0.717) is 12.6 Å². The fourth-order valence-corrected chi connectivity index (χ4v) is 1.34. The van der Waals surface area contributed by atoms with Crippen LogP contribution in [0.2, 0.25) is 0 Å². The molecule has 0 amide bonds. The van der Waals surface area contributed by atoms with Crippen molar-refractivity contribution in [3.63, 3.8) is 0 Å². The highest BCUT2D eigenvalue weighted by atomic mass is 16.5. The second kappa shape index (κ2) is 7.47. The van der Waals surface area contributed by atoms with Gasteiger partial charge in [0.15, 0.2) is 0 Å². The molecule has 0 radical (unpaired) electrons. The summed E-state index contributed by atoms with van der Waals surface area (Å²) in [5.41, 5.74) is 1.18. The van der Waals surface area contributed by atoms with E-state index < -0.39 is 0 Å². The molecule has 92 valence electrons. The maximum Gasteiger partial charge on any atom is 0.129 e. The minimum absolute atomic E-state index is 0.499. The fourth-order valence-electron chi connectivity index (χ4n) is 1.34. The summed E-state index contributed by atoms with van der Waals surface area (Å²) in [5, 5.41) is 3.35. The molecule has 1 N–H and O–H groups in total. The summed E-state index contributed by atoms with van der Waals surface area (Å²) in [6.45, 7) is 8.68. The Bertz CT molecular complexity index is 281. The zero-order valence-corrected chi connectivity index (χ0v) is 10.6. The lowest BCUT2D eigenvalue weighted by atomic mass is 10.3. The summed E-state index contributed by atoms with van der Waals surface area (Å²) in [5.74, 6) is 0.914. The van der Waals surface area contributed by atoms with Crippen molar-refractivity contribution >= 4 is 0 Å². The van der Waals surface area contributed by atoms with Crippen molar-refractivity contribution in [2.75, 3.05) is 6.61 Å². The van der Waals surface area contributed by atoms with Gasteiger partial charge in [-0.25, -0.2) is 0 Å². The summed E-state index contributed by atoms with van der Waals surface area (Å²) < 4.78 is 10.9. The minimum Gasteiger partial charge on any atom is -0.467 e. The van der Waals surface area contributed by atoms with E-state index in [1.54, 1.807) is 6.26 Å². The zero-order chi connectivity index (χ0) is 11.8. The van der Waals surface area contributed by atoms with E-state index >= 15 is 0 Å². The third-order valence-electron chi connectivity index (χ3n) is 2.31. The largest absolute Gasteiger partial charge is 0.467 e. The van der Waals surface area contributed by atoms with Gasteiger partial charge in [0.2, 0.25) is 0 Å². The van der Waals surface area contributed by atoms with E-state index in [2.05, 4.69) is 32.2 Å². The van der Waals surface area contributed by atoms with Crippen molar-refractivity contribution in [1.29, 1.82) is 0 Å². The molecule has 0 unspecified atom stereocenters. The molecule has 0 aliphatic carbocycles. The van der Waals surface area contributed by atoms with E-state index in [0.717, 1.165) is 25.3 Å². The zero-order valence-electron chi connectivity index (χ0n) is 10.6. The van der Waals surface area contributed by atoms with Crippen LogP contribution >= 0.6 is 0 Å². The molecule has 0 aliphatic heterocycles. The smallest absolute Gasteiger partial charge is 0.129 e. The average Bonchev–Trinajstić information content (AvgIpc) is 2.70. The topological polar surface area (TPSA) is 34.4 Å². The third kappa shape index (κ3) is 5.33. The molecule has 0 bridgehead atoms. The highest BCUT2D eigenvalue weighted by molar-refractivity contribution is 5.12. The van der Waals surface area contributed by atoms with Crippen molar-refractivity contribution in [1.82, 2.24) is 5.32 Å². The molecule has 0 spiro atoms. The number of hydrogen-bond donors (Lipinski definition) is 1. The molecule has 0 fully saturated rings. The van der Waals surface area contributed by atoms with Crippen LogP contribution in [0.25, 0.3) is 0 Å². The van der Waals surface area contributed by atoms with Crippen LogP contribution in [0.5, 0.6) is 0 Å². The molecule has 0 saturated carbocycles. The van der Waals surface area contributed by atoms with Crippen molar-refractivity contribution in [2.45, 2.75) is 52.8 Å². The van der Waals surface area contributed by atoms with Gasteiger partial charge >= 0.3 is 0 Å². The van der Waals surface area contributed by atoms with Crippen molar-refractivity contribution in [3.8, 4) is 0 Å². The van der Waals surface area contributed by atoms with Gasteiger partial charge in [0.1, 0.15) is 12.4 Å². The molecule has 0 aromatic carbocycles. The Morgan fingerprint density at radius 2 is 2.25 bits per heavy atom. The van der Waals surface area contributed by atoms with Gasteiger partial charge in [0, 0.05) is 24.8 Å². The second-order valence-corrected chi connectivity index (χ2v) is 4.36. The normalized spacial score (nSPS) is 11.2. The van der Waals surface area contributed by atoms with E-state index in [4.69, 9.17) is 9.15 Å². The van der Waals surface area contributed by atoms with Crippen LogP contribution in [0.15, 0.2) is 16.7 Å². The summed E-state index contributed by atoms with van der Waals surface area (Å²) >= 11 is 0. The Morgan fingerprint density at radius 3 is 2.94 bits per heavy atom. The molecule has 16 heavy (non-hydrogen) atoms. The lowest BCUT2D eigenvalue weighted by Crippen LogP contribution is -2.21. The predicted octanol–water partition coefficient (Wildman–Crippen LogP) is 3.09. The first kappa shape index (κ1) is 13.3. The Balaban J connectivity index is 2.22. The van der Waals surface area contributed by atoms with Gasteiger partial charge in [-0.05, 0) is 12.5 Å². The van der Waals surface area contributed by atoms with Gasteiger partial charge in [-0.3, -0.25) is 0 Å². The molecule has 1 aromatic rings. The van der Waals surface area contributed by atoms with Gasteiger partial charge in [-0.15, -0.1) is 0 Å². The van der Waals surface area contributed by atoms with Crippen LogP contribution in [-0.2, 0) is 17.9 Å². The molecule has 3 nitrogen and oxygen atoms in total. The van der Waals surface area contributed by atoms with Crippen LogP contribution in [0.3, 0.4) is 0 Å². The van der Waals surface area contributed by atoms with Gasteiger partial charge in [-0.1, -0.05) is 27.2 Å². The molecule has 1 aromatic heterocycles. The predicted molar refractivity (Wildman–Crippen MR) is 65.2 cm³/mol. The van der Waals surface area contributed by atoms with Gasteiger partial charge in [0.25, 0.3) is 0 Å². The van der Waals surface area contributed by atoms with E-state index in [-0.39, 0.29) is 0 Å². The first-order valence-corrected chi connectivity index (χ1v) is 6.09. The molecule has 1 heterocycles. The first-order valence-electron chi connectivity index (χ1n) is 6.09. The van der Waals surface area contributed by atoms with E-state index in [1.165, 1.54) is 12.0 Å². The minimum atomic E-state index is 0.499. The van der Waals surface area contributed by atoms with Crippen LogP contribution in [0, 0.1) is 0 Å². The van der Waals surface area contributed by atoms with Gasteiger partial charge in [0.05, 0.1) is 6.26 Å². The van der Waals surface area contributed by atoms with Gasteiger partial charge < -0.3 is 14.5 Å². The lowest BCUT2D eigenvalue weighted by molar-refractivity contribution is 0.104. The van der Waals surface area contributed by atoms with Crippen LogP contribution < -0.4 is 5.32 Å². The van der Waals surface area contributed by atoms with Gasteiger partial charge in [-0.2, -0.15) is 0 Å². The summed E-state index contributed by atoms with van der Waals surface area (Å²) in [6.07, 6.45) is 4.08. The lowest BCUT2D eigenvalue weighted by Gasteiger charge is -2.04. The molecular formula is C13H23NO2. The SMILES string of the molecule is CCCCOCc1cc(CNC(C)C)co1. The Labute approximate surface area is 98.2 Å². The highest BCUT2D eigenvalue weighted by Gasteiger charge is 2.02. The third-order valence-corrected chi connectivity index (χ3v) is 2.31. The number of hydrogen-bond acceptors (Lipinski definition) is 3. The Hall–Kier alpha value is -0.800. The molecule has 0 saturated heterocycles. The van der Waals surface area contributed by atoms with E-state index in [9.17, 15) is 0 Å².